The van der Waals surface area contributed by atoms with Crippen LogP contribution in [0.3, 0.4) is 0 Å². The summed E-state index contributed by atoms with van der Waals surface area (Å²) < 4.78 is 33.1. The van der Waals surface area contributed by atoms with Crippen LogP contribution in [0.1, 0.15) is 26.2 Å². The number of unbranched alkanes of at least 4 members (excludes halogenated alkanes) is 1. The van der Waals surface area contributed by atoms with Gasteiger partial charge in [0.25, 0.3) is 0 Å². The summed E-state index contributed by atoms with van der Waals surface area (Å²) >= 11 is 0. The first-order valence-electron chi connectivity index (χ1n) is 3.85. The fraction of sp³-hybridized carbons (Fsp3) is 1.00. The molecule has 12 heavy (non-hydrogen) atoms. The zero-order valence-corrected chi connectivity index (χ0v) is 7.88. The van der Waals surface area contributed by atoms with Gasteiger partial charge in [-0.15, -0.1) is 0 Å². The van der Waals surface area contributed by atoms with Gasteiger partial charge < -0.3 is 5.73 Å². The molecule has 5 nitrogen and oxygen atoms in total. The molecule has 0 aliphatic rings. The van der Waals surface area contributed by atoms with Crippen molar-refractivity contribution in [3.8, 4) is 0 Å². The summed E-state index contributed by atoms with van der Waals surface area (Å²) in [5, 5.41) is 0. The van der Waals surface area contributed by atoms with E-state index in [0.717, 1.165) is 12.8 Å². The molecule has 0 aliphatic carbocycles. The van der Waals surface area contributed by atoms with Gasteiger partial charge in [-0.1, -0.05) is 19.8 Å². The Kier molecular flexibility index (Phi) is 5.39. The fourth-order valence-electron chi connectivity index (χ4n) is 0.809. The van der Waals surface area contributed by atoms with Gasteiger partial charge in [0.05, 0.1) is 6.10 Å². The summed E-state index contributed by atoms with van der Waals surface area (Å²) in [7, 11) is -4.35. The van der Waals surface area contributed by atoms with Gasteiger partial charge in [0.1, 0.15) is 0 Å². The van der Waals surface area contributed by atoms with Crippen molar-refractivity contribution in [2.75, 3.05) is 6.54 Å². The van der Waals surface area contributed by atoms with E-state index in [-0.39, 0.29) is 6.54 Å². The summed E-state index contributed by atoms with van der Waals surface area (Å²) in [6.45, 7) is 2.07. The van der Waals surface area contributed by atoms with Gasteiger partial charge in [-0.2, -0.15) is 8.42 Å². The molecule has 3 N–H and O–H groups in total. The van der Waals surface area contributed by atoms with Crippen LogP contribution in [0.4, 0.5) is 0 Å². The van der Waals surface area contributed by atoms with Crippen molar-refractivity contribution in [3.05, 3.63) is 0 Å². The van der Waals surface area contributed by atoms with Crippen LogP contribution in [0, 0.1) is 0 Å². The predicted octanol–water partition coefficient (Wildman–Crippen LogP) is 0.323. The Hall–Kier alpha value is -0.170. The molecule has 0 radical (unpaired) electrons. The van der Waals surface area contributed by atoms with E-state index in [2.05, 4.69) is 4.18 Å². The van der Waals surface area contributed by atoms with Crippen molar-refractivity contribution in [2.45, 2.75) is 32.3 Å². The molecule has 0 aromatic heterocycles. The highest BCUT2D eigenvalue weighted by Crippen LogP contribution is 2.05. The first-order valence-corrected chi connectivity index (χ1v) is 5.22. The smallest absolute Gasteiger partial charge is 0.328 e. The Bertz CT molecular complexity index is 202. The summed E-state index contributed by atoms with van der Waals surface area (Å²) in [5.74, 6) is 0. The van der Waals surface area contributed by atoms with Crippen molar-refractivity contribution in [2.24, 2.45) is 5.73 Å². The van der Waals surface area contributed by atoms with Crippen LogP contribution in [-0.4, -0.2) is 25.6 Å². The predicted molar refractivity (Wildman–Crippen MR) is 45.0 cm³/mol. The van der Waals surface area contributed by atoms with Crippen LogP contribution in [0.15, 0.2) is 0 Å². The molecule has 0 saturated heterocycles. The minimum atomic E-state index is -4.35. The minimum Gasteiger partial charge on any atom is -0.328 e. The maximum atomic E-state index is 10.2. The van der Waals surface area contributed by atoms with E-state index in [1.54, 1.807) is 0 Å². The van der Waals surface area contributed by atoms with Gasteiger partial charge in [-0.25, -0.2) is 4.18 Å². The van der Waals surface area contributed by atoms with Crippen LogP contribution in [0.5, 0.6) is 0 Å². The second-order valence-electron chi connectivity index (χ2n) is 2.52. The molecular formula is C6H15NO4S. The van der Waals surface area contributed by atoms with E-state index >= 15 is 0 Å². The van der Waals surface area contributed by atoms with E-state index in [1.165, 1.54) is 0 Å². The van der Waals surface area contributed by atoms with Crippen LogP contribution < -0.4 is 5.73 Å². The highest BCUT2D eigenvalue weighted by atomic mass is 32.3. The largest absolute Gasteiger partial charge is 0.397 e. The van der Waals surface area contributed by atoms with Crippen LogP contribution in [0.25, 0.3) is 0 Å². The zero-order valence-electron chi connectivity index (χ0n) is 7.06. The first kappa shape index (κ1) is 11.8. The van der Waals surface area contributed by atoms with E-state index in [9.17, 15) is 8.42 Å². The van der Waals surface area contributed by atoms with Crippen molar-refractivity contribution in [3.63, 3.8) is 0 Å². The summed E-state index contributed by atoms with van der Waals surface area (Å²) in [5.41, 5.74) is 5.22. The Morgan fingerprint density at radius 3 is 2.50 bits per heavy atom. The number of hydrogen-bond acceptors (Lipinski definition) is 4. The average molecular weight is 197 g/mol. The van der Waals surface area contributed by atoms with E-state index in [1.807, 2.05) is 6.92 Å². The Labute approximate surface area is 72.9 Å². The molecule has 0 fully saturated rings. The van der Waals surface area contributed by atoms with E-state index < -0.39 is 16.5 Å². The SMILES string of the molecule is CCCCC(CN)OS(=O)(=O)O. The quantitative estimate of drug-likeness (QED) is 0.599. The zero-order chi connectivity index (χ0) is 9.61. The lowest BCUT2D eigenvalue weighted by Crippen LogP contribution is -2.26. The lowest BCUT2D eigenvalue weighted by Gasteiger charge is -2.11. The standard InChI is InChI=1S/C6H15NO4S/c1-2-3-4-6(5-7)11-12(8,9)10/h6H,2-5,7H2,1H3,(H,8,9,10). The molecule has 0 spiro atoms. The molecule has 0 saturated carbocycles. The molecule has 6 heteroatoms. The molecule has 0 aromatic carbocycles. The van der Waals surface area contributed by atoms with Crippen molar-refractivity contribution < 1.29 is 17.2 Å². The van der Waals surface area contributed by atoms with Gasteiger partial charge in [-0.3, -0.25) is 4.55 Å². The molecule has 0 rings (SSSR count). The lowest BCUT2D eigenvalue weighted by atomic mass is 10.2. The highest BCUT2D eigenvalue weighted by Gasteiger charge is 2.14. The Morgan fingerprint density at radius 1 is 1.58 bits per heavy atom. The topological polar surface area (TPSA) is 89.6 Å². The molecule has 0 bridgehead atoms. The van der Waals surface area contributed by atoms with Crippen molar-refractivity contribution in [1.82, 2.24) is 0 Å². The number of rotatable bonds is 6. The van der Waals surface area contributed by atoms with Crippen LogP contribution in [-0.2, 0) is 14.6 Å². The van der Waals surface area contributed by atoms with Crippen molar-refractivity contribution >= 4 is 10.4 Å². The molecule has 0 amide bonds. The highest BCUT2D eigenvalue weighted by molar-refractivity contribution is 7.80. The molecule has 74 valence electrons. The lowest BCUT2D eigenvalue weighted by molar-refractivity contribution is 0.176. The fourth-order valence-corrected chi connectivity index (χ4v) is 1.33. The summed E-state index contributed by atoms with van der Waals surface area (Å²) in [6.07, 6.45) is 1.72. The maximum absolute atomic E-state index is 10.2. The third-order valence-electron chi connectivity index (χ3n) is 1.40. The second kappa shape index (κ2) is 5.47. The molecular weight excluding hydrogens is 182 g/mol. The van der Waals surface area contributed by atoms with Crippen molar-refractivity contribution in [1.29, 1.82) is 0 Å². The van der Waals surface area contributed by atoms with E-state index in [4.69, 9.17) is 10.3 Å². The summed E-state index contributed by atoms with van der Waals surface area (Å²) in [6, 6.07) is 0. The molecule has 0 aromatic rings. The third kappa shape index (κ3) is 6.53. The Morgan fingerprint density at radius 2 is 2.17 bits per heavy atom. The monoisotopic (exact) mass is 197 g/mol. The van der Waals surface area contributed by atoms with E-state index in [0.29, 0.717) is 6.42 Å². The molecule has 0 heterocycles. The van der Waals surface area contributed by atoms with Gasteiger partial charge in [0.2, 0.25) is 0 Å². The maximum Gasteiger partial charge on any atom is 0.397 e. The average Bonchev–Trinajstić information content (AvgIpc) is 1.95. The normalized spacial score (nSPS) is 14.6. The number of nitrogens with two attached hydrogens (primary N) is 1. The third-order valence-corrected chi connectivity index (χ3v) is 1.92. The molecule has 1 atom stereocenters. The minimum absolute atomic E-state index is 0.0970. The first-order chi connectivity index (χ1) is 5.49. The molecule has 1 unspecified atom stereocenters. The number of hydrogen-bond donors (Lipinski definition) is 2. The second-order valence-corrected chi connectivity index (χ2v) is 3.57. The molecule has 0 aliphatic heterocycles. The van der Waals surface area contributed by atoms with Gasteiger partial charge in [0.15, 0.2) is 0 Å². The Balaban J connectivity index is 3.83. The summed E-state index contributed by atoms with van der Waals surface area (Å²) in [4.78, 5) is 0. The van der Waals surface area contributed by atoms with Gasteiger partial charge >= 0.3 is 10.4 Å². The van der Waals surface area contributed by atoms with Crippen LogP contribution >= 0.6 is 0 Å². The van der Waals surface area contributed by atoms with Gasteiger partial charge in [-0.05, 0) is 6.42 Å². The van der Waals surface area contributed by atoms with Gasteiger partial charge in [0, 0.05) is 6.54 Å². The van der Waals surface area contributed by atoms with Crippen LogP contribution in [0.2, 0.25) is 0 Å².